The molecule has 0 bridgehead atoms. The van der Waals surface area contributed by atoms with E-state index in [-0.39, 0.29) is 28.6 Å². The van der Waals surface area contributed by atoms with Gasteiger partial charge in [0.25, 0.3) is 10.0 Å². The van der Waals surface area contributed by atoms with E-state index in [0.29, 0.717) is 29.5 Å². The zero-order chi connectivity index (χ0) is 33.3. The van der Waals surface area contributed by atoms with Crippen molar-refractivity contribution in [3.63, 3.8) is 0 Å². The molecule has 0 saturated heterocycles. The molecular weight excluding hydrogens is 652 g/mol. The predicted octanol–water partition coefficient (Wildman–Crippen LogP) is 6.50. The van der Waals surface area contributed by atoms with E-state index in [4.69, 9.17) is 27.9 Å². The van der Waals surface area contributed by atoms with E-state index in [9.17, 15) is 22.4 Å². The Balaban J connectivity index is 1.80. The van der Waals surface area contributed by atoms with Crippen LogP contribution in [0.3, 0.4) is 0 Å². The van der Waals surface area contributed by atoms with Gasteiger partial charge in [-0.05, 0) is 85.6 Å². The van der Waals surface area contributed by atoms with Crippen molar-refractivity contribution in [1.82, 2.24) is 10.2 Å². The number of carbonyl (C=O) groups is 2. The average Bonchev–Trinajstić information content (AvgIpc) is 3.04. The summed E-state index contributed by atoms with van der Waals surface area (Å²) in [5, 5.41) is 3.39. The summed E-state index contributed by atoms with van der Waals surface area (Å²) in [4.78, 5) is 29.1. The molecular formula is C34H34Cl2FN3O5S. The zero-order valence-corrected chi connectivity index (χ0v) is 27.7. The first-order valence-electron chi connectivity index (χ1n) is 14.6. The molecule has 0 radical (unpaired) electrons. The van der Waals surface area contributed by atoms with Gasteiger partial charge in [0.05, 0.1) is 27.2 Å². The first kappa shape index (κ1) is 34.7. The first-order chi connectivity index (χ1) is 22.0. The largest absolute Gasteiger partial charge is 0.494 e. The number of nitrogens with zero attached hydrogens (tertiary/aromatic N) is 2. The molecule has 242 valence electrons. The van der Waals surface area contributed by atoms with Gasteiger partial charge in [-0.15, -0.1) is 0 Å². The molecule has 0 heterocycles. The summed E-state index contributed by atoms with van der Waals surface area (Å²) in [5.41, 5.74) is 1.56. The van der Waals surface area contributed by atoms with Gasteiger partial charge in [-0.2, -0.15) is 0 Å². The maximum Gasteiger partial charge on any atom is 0.264 e. The molecule has 0 aliphatic rings. The standard InChI is InChI=1S/C34H34Cl2FN3O5S/c1-3-38-34(42)32(21-24-8-6-5-7-9-24)39(22-25-10-19-30(35)31(36)20-25)33(41)23-40(27-13-15-28(16-14-27)45-4-2)46(43,44)29-17-11-26(37)12-18-29/h5-20,32H,3-4,21-23H2,1-2H3,(H,38,42). The summed E-state index contributed by atoms with van der Waals surface area (Å²) >= 11 is 12.4. The van der Waals surface area contributed by atoms with Crippen LogP contribution in [0.5, 0.6) is 5.75 Å². The molecule has 4 aromatic rings. The number of ether oxygens (including phenoxy) is 1. The number of hydrogen-bond acceptors (Lipinski definition) is 5. The smallest absolute Gasteiger partial charge is 0.264 e. The number of likely N-dealkylation sites (N-methyl/N-ethyl adjacent to an activating group) is 1. The highest BCUT2D eigenvalue weighted by Gasteiger charge is 2.34. The molecule has 12 heteroatoms. The minimum absolute atomic E-state index is 0.0714. The lowest BCUT2D eigenvalue weighted by Gasteiger charge is -2.34. The molecule has 0 spiro atoms. The fraction of sp³-hybridized carbons (Fsp3) is 0.235. The van der Waals surface area contributed by atoms with Gasteiger partial charge in [0.1, 0.15) is 24.2 Å². The Kier molecular flexibility index (Phi) is 12.0. The molecule has 0 saturated carbocycles. The third kappa shape index (κ3) is 8.78. The van der Waals surface area contributed by atoms with Gasteiger partial charge in [0, 0.05) is 19.5 Å². The van der Waals surface area contributed by atoms with Crippen LogP contribution in [0.4, 0.5) is 10.1 Å². The lowest BCUT2D eigenvalue weighted by Crippen LogP contribution is -2.53. The average molecular weight is 687 g/mol. The Hall–Kier alpha value is -4.12. The summed E-state index contributed by atoms with van der Waals surface area (Å²) < 4.78 is 48.3. The Morgan fingerprint density at radius 1 is 0.870 bits per heavy atom. The van der Waals surface area contributed by atoms with E-state index in [1.54, 1.807) is 37.3 Å². The van der Waals surface area contributed by atoms with Crippen molar-refractivity contribution in [3.8, 4) is 5.75 Å². The van der Waals surface area contributed by atoms with Gasteiger partial charge >= 0.3 is 0 Å². The quantitative estimate of drug-likeness (QED) is 0.163. The molecule has 0 aliphatic carbocycles. The minimum Gasteiger partial charge on any atom is -0.494 e. The van der Waals surface area contributed by atoms with E-state index in [1.165, 1.54) is 17.0 Å². The number of halogens is 3. The molecule has 0 fully saturated rings. The number of sulfonamides is 1. The number of amides is 2. The lowest BCUT2D eigenvalue weighted by atomic mass is 10.0. The topological polar surface area (TPSA) is 96.0 Å². The van der Waals surface area contributed by atoms with Gasteiger partial charge < -0.3 is 15.0 Å². The predicted molar refractivity (Wildman–Crippen MR) is 178 cm³/mol. The molecule has 0 aromatic heterocycles. The molecule has 4 rings (SSSR count). The van der Waals surface area contributed by atoms with Gasteiger partial charge in [0.15, 0.2) is 0 Å². The van der Waals surface area contributed by atoms with Crippen molar-refractivity contribution in [1.29, 1.82) is 0 Å². The molecule has 0 aliphatic heterocycles. The van der Waals surface area contributed by atoms with Crippen LogP contribution in [0.2, 0.25) is 10.0 Å². The normalized spacial score (nSPS) is 11.8. The molecule has 2 amide bonds. The molecule has 1 N–H and O–H groups in total. The maximum absolute atomic E-state index is 14.4. The zero-order valence-electron chi connectivity index (χ0n) is 25.3. The van der Waals surface area contributed by atoms with Crippen LogP contribution in [0.15, 0.2) is 102 Å². The molecule has 1 atom stereocenters. The third-order valence-corrected chi connectivity index (χ3v) is 9.60. The Morgan fingerprint density at radius 3 is 2.15 bits per heavy atom. The minimum atomic E-state index is -4.39. The Labute approximate surface area is 278 Å². The van der Waals surface area contributed by atoms with Crippen molar-refractivity contribution < 1.29 is 27.1 Å². The molecule has 46 heavy (non-hydrogen) atoms. The van der Waals surface area contributed by atoms with Crippen LogP contribution in [0.25, 0.3) is 0 Å². The Morgan fingerprint density at radius 2 is 1.54 bits per heavy atom. The second-order valence-corrected chi connectivity index (χ2v) is 12.9. The van der Waals surface area contributed by atoms with Crippen LogP contribution in [-0.4, -0.2) is 50.9 Å². The van der Waals surface area contributed by atoms with Crippen LogP contribution in [0, 0.1) is 5.82 Å². The highest BCUT2D eigenvalue weighted by molar-refractivity contribution is 7.92. The second-order valence-electron chi connectivity index (χ2n) is 10.3. The summed E-state index contributed by atoms with van der Waals surface area (Å²) in [6.07, 6.45) is 0.160. The number of carbonyl (C=O) groups excluding carboxylic acids is 2. The summed E-state index contributed by atoms with van der Waals surface area (Å²) in [5.74, 6) is -1.16. The molecule has 8 nitrogen and oxygen atoms in total. The van der Waals surface area contributed by atoms with Crippen molar-refractivity contribution in [2.24, 2.45) is 0 Å². The highest BCUT2D eigenvalue weighted by Crippen LogP contribution is 2.28. The second kappa shape index (κ2) is 15.9. The fourth-order valence-corrected chi connectivity index (χ4v) is 6.55. The van der Waals surface area contributed by atoms with E-state index in [1.807, 2.05) is 37.3 Å². The first-order valence-corrected chi connectivity index (χ1v) is 16.8. The number of hydrogen-bond donors (Lipinski definition) is 1. The van der Waals surface area contributed by atoms with Crippen molar-refractivity contribution >= 4 is 50.7 Å². The van der Waals surface area contributed by atoms with Gasteiger partial charge in [0.2, 0.25) is 11.8 Å². The number of anilines is 1. The summed E-state index contributed by atoms with van der Waals surface area (Å²) in [6, 6.07) is 23.6. The SMILES string of the molecule is CCNC(=O)C(Cc1ccccc1)N(Cc1ccc(Cl)c(Cl)c1)C(=O)CN(c1ccc(OCC)cc1)S(=O)(=O)c1ccc(F)cc1. The fourth-order valence-electron chi connectivity index (χ4n) is 4.82. The Bertz CT molecular complexity index is 1740. The van der Waals surface area contributed by atoms with Crippen molar-refractivity contribution in [3.05, 3.63) is 124 Å². The summed E-state index contributed by atoms with van der Waals surface area (Å²) in [6.45, 7) is 3.57. The van der Waals surface area contributed by atoms with Crippen LogP contribution in [0.1, 0.15) is 25.0 Å². The summed E-state index contributed by atoms with van der Waals surface area (Å²) in [7, 11) is -4.39. The molecule has 1 unspecified atom stereocenters. The van der Waals surface area contributed by atoms with E-state index in [0.717, 1.165) is 34.1 Å². The molecule has 4 aromatic carbocycles. The van der Waals surface area contributed by atoms with Gasteiger partial charge in [-0.25, -0.2) is 12.8 Å². The number of benzene rings is 4. The monoisotopic (exact) mass is 685 g/mol. The van der Waals surface area contributed by atoms with Gasteiger partial charge in [-0.3, -0.25) is 13.9 Å². The van der Waals surface area contributed by atoms with Crippen LogP contribution in [-0.2, 0) is 32.6 Å². The van der Waals surface area contributed by atoms with Crippen LogP contribution < -0.4 is 14.4 Å². The van der Waals surface area contributed by atoms with Crippen molar-refractivity contribution in [2.45, 2.75) is 37.8 Å². The highest BCUT2D eigenvalue weighted by atomic mass is 35.5. The maximum atomic E-state index is 14.4. The van der Waals surface area contributed by atoms with E-state index >= 15 is 0 Å². The van der Waals surface area contributed by atoms with E-state index in [2.05, 4.69) is 5.32 Å². The van der Waals surface area contributed by atoms with E-state index < -0.39 is 40.2 Å². The number of nitrogens with one attached hydrogen (secondary N) is 1. The van der Waals surface area contributed by atoms with Crippen molar-refractivity contribution in [2.75, 3.05) is 24.0 Å². The third-order valence-electron chi connectivity index (χ3n) is 7.08. The number of rotatable bonds is 14. The lowest BCUT2D eigenvalue weighted by molar-refractivity contribution is -0.140. The van der Waals surface area contributed by atoms with Crippen LogP contribution >= 0.6 is 23.2 Å². The van der Waals surface area contributed by atoms with Gasteiger partial charge in [-0.1, -0.05) is 59.6 Å².